The molecule has 1 rings (SSSR count). The quantitative estimate of drug-likeness (QED) is 0.339. The number of hydrogen-bond acceptors (Lipinski definition) is 3. The van der Waals surface area contributed by atoms with E-state index in [9.17, 15) is 26.7 Å². The zero-order chi connectivity index (χ0) is 17.1. The van der Waals surface area contributed by atoms with Crippen molar-refractivity contribution in [3.8, 4) is 0 Å². The van der Waals surface area contributed by atoms with Crippen LogP contribution >= 0.6 is 0 Å². The third-order valence-corrected chi connectivity index (χ3v) is 7.77. The van der Waals surface area contributed by atoms with E-state index < -0.39 is 43.0 Å². The molecular formula is C13H15F5O3Si. The molecule has 0 unspecified atom stereocenters. The molecule has 3 nitrogen and oxygen atoms in total. The van der Waals surface area contributed by atoms with Gasteiger partial charge in [0.05, 0.1) is 5.56 Å². The average Bonchev–Trinajstić information content (AvgIpc) is 2.46. The predicted octanol–water partition coefficient (Wildman–Crippen LogP) is 4.02. The second-order valence-electron chi connectivity index (χ2n) is 4.53. The van der Waals surface area contributed by atoms with Crippen molar-refractivity contribution in [2.24, 2.45) is 0 Å². The van der Waals surface area contributed by atoms with Crippen molar-refractivity contribution in [3.63, 3.8) is 0 Å². The summed E-state index contributed by atoms with van der Waals surface area (Å²) in [6.45, 7) is 2.91. The summed E-state index contributed by atoms with van der Waals surface area (Å²) in [5.41, 5.74) is -5.05. The lowest BCUT2D eigenvalue weighted by molar-refractivity contribution is -0.152. The fourth-order valence-corrected chi connectivity index (χ4v) is 4.43. The number of rotatable bonds is 6. The van der Waals surface area contributed by atoms with Crippen LogP contribution < -0.4 is 0 Å². The lowest BCUT2D eigenvalue weighted by atomic mass is 10.2. The van der Waals surface area contributed by atoms with Gasteiger partial charge in [0.1, 0.15) is 0 Å². The molecule has 0 saturated heterocycles. The first kappa shape index (κ1) is 18.6. The zero-order valence-electron chi connectivity index (χ0n) is 12.2. The van der Waals surface area contributed by atoms with Gasteiger partial charge in [-0.25, -0.2) is 18.0 Å². The Balaban J connectivity index is 3.13. The maximum Gasteiger partial charge on any atom is 0.397 e. The number of esters is 1. The van der Waals surface area contributed by atoms with Crippen molar-refractivity contribution in [2.45, 2.75) is 31.7 Å². The van der Waals surface area contributed by atoms with E-state index >= 15 is 0 Å². The van der Waals surface area contributed by atoms with Gasteiger partial charge >= 0.3 is 20.0 Å². The van der Waals surface area contributed by atoms with Crippen molar-refractivity contribution in [3.05, 3.63) is 35.1 Å². The Labute approximate surface area is 125 Å². The van der Waals surface area contributed by atoms with Crippen molar-refractivity contribution in [1.29, 1.82) is 0 Å². The zero-order valence-corrected chi connectivity index (χ0v) is 13.2. The Morgan fingerprint density at radius 2 is 1.68 bits per heavy atom. The molecule has 0 saturated carbocycles. The highest BCUT2D eigenvalue weighted by atomic mass is 28.4. The molecule has 0 heterocycles. The van der Waals surface area contributed by atoms with Gasteiger partial charge in [-0.15, -0.1) is 0 Å². The number of carbonyl (C=O) groups is 1. The van der Waals surface area contributed by atoms with E-state index in [1.54, 1.807) is 0 Å². The highest BCUT2D eigenvalue weighted by Crippen LogP contribution is 2.36. The molecule has 0 atom stereocenters. The fourth-order valence-electron chi connectivity index (χ4n) is 2.02. The summed E-state index contributed by atoms with van der Waals surface area (Å²) in [5.74, 6) is -7.13. The van der Waals surface area contributed by atoms with Crippen LogP contribution in [0.15, 0.2) is 12.1 Å². The summed E-state index contributed by atoms with van der Waals surface area (Å²) in [6, 6.07) is 0.884. The number of hydrogen-bond donors (Lipinski definition) is 0. The number of alkyl halides is 2. The minimum atomic E-state index is -3.94. The molecule has 1 aromatic rings. The van der Waals surface area contributed by atoms with E-state index in [1.807, 2.05) is 0 Å². The van der Waals surface area contributed by atoms with E-state index in [-0.39, 0.29) is 12.1 Å². The SMILES string of the molecule is CC[Si](CC)(OC)C(F)(F)OC(=O)c1ccc(F)c(F)c1F. The normalized spacial score (nSPS) is 12.4. The maximum absolute atomic E-state index is 14.2. The van der Waals surface area contributed by atoms with Gasteiger partial charge in [0.15, 0.2) is 17.5 Å². The third-order valence-electron chi connectivity index (χ3n) is 3.54. The standard InChI is InChI=1S/C13H15F5O3Si/c1-4-22(5-2,20-3)13(17,18)21-12(19)8-6-7-9(14)11(16)10(8)15/h6-7H,4-5H2,1-3H3. The summed E-state index contributed by atoms with van der Waals surface area (Å²) in [4.78, 5) is 11.7. The van der Waals surface area contributed by atoms with Crippen molar-refractivity contribution in [1.82, 2.24) is 0 Å². The minimum absolute atomic E-state index is 0.0550. The Morgan fingerprint density at radius 3 is 2.14 bits per heavy atom. The maximum atomic E-state index is 14.2. The third kappa shape index (κ3) is 3.14. The first-order valence-corrected chi connectivity index (χ1v) is 8.77. The minimum Gasteiger partial charge on any atom is -0.411 e. The molecular weight excluding hydrogens is 327 g/mol. The van der Waals surface area contributed by atoms with Crippen LogP contribution in [0.3, 0.4) is 0 Å². The summed E-state index contributed by atoms with van der Waals surface area (Å²) >= 11 is 0. The van der Waals surface area contributed by atoms with E-state index in [1.165, 1.54) is 13.8 Å². The fraction of sp³-hybridized carbons (Fsp3) is 0.462. The van der Waals surface area contributed by atoms with Crippen LogP contribution in [0.5, 0.6) is 0 Å². The van der Waals surface area contributed by atoms with Crippen LogP contribution in [0, 0.1) is 17.5 Å². The van der Waals surface area contributed by atoms with Crippen LogP contribution in [0.1, 0.15) is 24.2 Å². The van der Waals surface area contributed by atoms with Crippen LogP contribution in [0.4, 0.5) is 22.0 Å². The lowest BCUT2D eigenvalue weighted by Gasteiger charge is -2.33. The summed E-state index contributed by atoms with van der Waals surface area (Å²) < 4.78 is 76.6. The smallest absolute Gasteiger partial charge is 0.397 e. The molecule has 0 aliphatic heterocycles. The average molecular weight is 342 g/mol. The Kier molecular flexibility index (Phi) is 5.69. The lowest BCUT2D eigenvalue weighted by Crippen LogP contribution is -2.56. The topological polar surface area (TPSA) is 35.5 Å². The molecule has 0 radical (unpaired) electrons. The Morgan fingerprint density at radius 1 is 1.14 bits per heavy atom. The van der Waals surface area contributed by atoms with E-state index in [2.05, 4.69) is 4.74 Å². The first-order valence-electron chi connectivity index (χ1n) is 6.45. The molecule has 9 heteroatoms. The molecule has 0 aromatic heterocycles. The van der Waals surface area contributed by atoms with Crippen LogP contribution in [0.25, 0.3) is 0 Å². The molecule has 124 valence electrons. The molecule has 0 aliphatic rings. The van der Waals surface area contributed by atoms with Gasteiger partial charge in [-0.2, -0.15) is 8.78 Å². The molecule has 0 fully saturated rings. The molecule has 0 spiro atoms. The van der Waals surface area contributed by atoms with Crippen molar-refractivity contribution >= 4 is 14.3 Å². The van der Waals surface area contributed by atoms with Gasteiger partial charge in [-0.1, -0.05) is 13.8 Å². The van der Waals surface area contributed by atoms with Gasteiger partial charge in [-0.3, -0.25) is 0 Å². The monoisotopic (exact) mass is 342 g/mol. The number of ether oxygens (including phenoxy) is 1. The second kappa shape index (κ2) is 6.74. The number of halogens is 5. The van der Waals surface area contributed by atoms with Crippen LogP contribution in [-0.4, -0.2) is 27.1 Å². The molecule has 0 amide bonds. The van der Waals surface area contributed by atoms with Crippen LogP contribution in [0.2, 0.25) is 12.1 Å². The molecule has 22 heavy (non-hydrogen) atoms. The van der Waals surface area contributed by atoms with Gasteiger partial charge in [0, 0.05) is 7.11 Å². The summed E-state index contributed by atoms with van der Waals surface area (Å²) in [7, 11) is -2.67. The van der Waals surface area contributed by atoms with Gasteiger partial charge < -0.3 is 9.16 Å². The van der Waals surface area contributed by atoms with Crippen LogP contribution in [-0.2, 0) is 9.16 Å². The molecule has 1 aromatic carbocycles. The van der Waals surface area contributed by atoms with Crippen molar-refractivity contribution < 1.29 is 35.9 Å². The second-order valence-corrected chi connectivity index (χ2v) is 8.93. The van der Waals surface area contributed by atoms with E-state index in [0.717, 1.165) is 7.11 Å². The Bertz CT molecular complexity index is 553. The first-order chi connectivity index (χ1) is 10.2. The molecule has 0 bridgehead atoms. The largest absolute Gasteiger partial charge is 0.411 e. The van der Waals surface area contributed by atoms with Gasteiger partial charge in [0.25, 0.3) is 0 Å². The van der Waals surface area contributed by atoms with Crippen molar-refractivity contribution in [2.75, 3.05) is 7.11 Å². The van der Waals surface area contributed by atoms with Gasteiger partial charge in [-0.05, 0) is 24.2 Å². The molecule has 0 aliphatic carbocycles. The van der Waals surface area contributed by atoms with E-state index in [4.69, 9.17) is 4.43 Å². The predicted molar refractivity (Wildman–Crippen MR) is 70.4 cm³/mol. The van der Waals surface area contributed by atoms with E-state index in [0.29, 0.717) is 12.1 Å². The van der Waals surface area contributed by atoms with Gasteiger partial charge in [0.2, 0.25) is 0 Å². The summed E-state index contributed by atoms with van der Waals surface area (Å²) in [5, 5.41) is 0. The summed E-state index contributed by atoms with van der Waals surface area (Å²) in [6.07, 6.45) is 0. The molecule has 0 N–H and O–H groups in total. The Hall–Kier alpha value is -1.48. The number of benzene rings is 1. The highest BCUT2D eigenvalue weighted by molar-refractivity contribution is 6.75. The number of carbonyl (C=O) groups excluding carboxylic acids is 1. The highest BCUT2D eigenvalue weighted by Gasteiger charge is 2.59.